The number of likely N-dealkylation sites (tertiary alicyclic amines) is 1. The highest BCUT2D eigenvalue weighted by molar-refractivity contribution is 5.32. The molecule has 82 valence electrons. The van der Waals surface area contributed by atoms with Crippen molar-refractivity contribution >= 4 is 0 Å². The molecule has 0 aromatic heterocycles. The molecule has 2 atom stereocenters. The van der Waals surface area contributed by atoms with Crippen LogP contribution < -0.4 is 0 Å². The molecule has 1 saturated heterocycles. The topological polar surface area (TPSA) is 27.0 Å². The van der Waals surface area contributed by atoms with Gasteiger partial charge in [0.1, 0.15) is 0 Å². The lowest BCUT2D eigenvalue weighted by Crippen LogP contribution is -2.31. The molecular formula is C14H16N2. The molecule has 2 unspecified atom stereocenters. The molecule has 2 fully saturated rings. The van der Waals surface area contributed by atoms with Crippen LogP contribution in [0, 0.1) is 17.2 Å². The fraction of sp³-hybridized carbons (Fsp3) is 0.500. The van der Waals surface area contributed by atoms with E-state index in [4.69, 9.17) is 5.26 Å². The van der Waals surface area contributed by atoms with E-state index in [0.29, 0.717) is 0 Å². The zero-order chi connectivity index (χ0) is 11.0. The molecule has 1 aromatic carbocycles. The minimum Gasteiger partial charge on any atom is -0.296 e. The summed E-state index contributed by atoms with van der Waals surface area (Å²) in [4.78, 5) is 2.59. The number of rotatable bonds is 2. The van der Waals surface area contributed by atoms with Gasteiger partial charge in [-0.1, -0.05) is 12.1 Å². The Labute approximate surface area is 96.5 Å². The van der Waals surface area contributed by atoms with Crippen molar-refractivity contribution in [3.63, 3.8) is 0 Å². The van der Waals surface area contributed by atoms with E-state index in [9.17, 15) is 0 Å². The molecule has 2 aliphatic rings. The van der Waals surface area contributed by atoms with Gasteiger partial charge in [-0.2, -0.15) is 5.26 Å². The van der Waals surface area contributed by atoms with E-state index in [1.165, 1.54) is 31.4 Å². The Morgan fingerprint density at radius 1 is 1.38 bits per heavy atom. The molecule has 3 rings (SSSR count). The smallest absolute Gasteiger partial charge is 0.0991 e. The normalized spacial score (nSPS) is 28.2. The van der Waals surface area contributed by atoms with Crippen molar-refractivity contribution in [2.24, 2.45) is 5.92 Å². The Hall–Kier alpha value is -1.33. The number of nitriles is 1. The minimum absolute atomic E-state index is 0.779. The Bertz CT molecular complexity index is 433. The SMILES string of the molecule is N#Cc1cccc(CN2CC3CCC2C3)c1. The van der Waals surface area contributed by atoms with Gasteiger partial charge in [0.2, 0.25) is 0 Å². The molecule has 0 N–H and O–H groups in total. The van der Waals surface area contributed by atoms with Crippen LogP contribution in [0.25, 0.3) is 0 Å². The third-order valence-corrected chi connectivity index (χ3v) is 3.96. The summed E-state index contributed by atoms with van der Waals surface area (Å²) in [7, 11) is 0. The Morgan fingerprint density at radius 2 is 2.31 bits per heavy atom. The van der Waals surface area contributed by atoms with E-state index in [2.05, 4.69) is 17.0 Å². The van der Waals surface area contributed by atoms with Crippen molar-refractivity contribution in [2.45, 2.75) is 31.8 Å². The van der Waals surface area contributed by atoms with Crippen molar-refractivity contribution in [1.82, 2.24) is 4.90 Å². The summed E-state index contributed by atoms with van der Waals surface area (Å²) in [5.74, 6) is 0.948. The van der Waals surface area contributed by atoms with Crippen LogP contribution in [-0.2, 0) is 6.54 Å². The predicted octanol–water partition coefficient (Wildman–Crippen LogP) is 2.54. The summed E-state index contributed by atoms with van der Waals surface area (Å²) in [6.45, 7) is 2.29. The van der Waals surface area contributed by atoms with Crippen LogP contribution >= 0.6 is 0 Å². The first-order valence-electron chi connectivity index (χ1n) is 6.08. The van der Waals surface area contributed by atoms with E-state index in [-0.39, 0.29) is 0 Å². The van der Waals surface area contributed by atoms with Crippen molar-refractivity contribution < 1.29 is 0 Å². The van der Waals surface area contributed by atoms with Gasteiger partial charge >= 0.3 is 0 Å². The molecule has 16 heavy (non-hydrogen) atoms. The zero-order valence-corrected chi connectivity index (χ0v) is 9.39. The van der Waals surface area contributed by atoms with Gasteiger partial charge in [-0.05, 0) is 42.9 Å². The molecule has 1 heterocycles. The van der Waals surface area contributed by atoms with Gasteiger partial charge < -0.3 is 0 Å². The van der Waals surface area contributed by atoms with Crippen LogP contribution in [0.4, 0.5) is 0 Å². The predicted molar refractivity (Wildman–Crippen MR) is 62.7 cm³/mol. The first kappa shape index (κ1) is 9.86. The van der Waals surface area contributed by atoms with Gasteiger partial charge in [0.25, 0.3) is 0 Å². The lowest BCUT2D eigenvalue weighted by atomic mass is 10.1. The minimum atomic E-state index is 0.779. The van der Waals surface area contributed by atoms with Crippen LogP contribution in [-0.4, -0.2) is 17.5 Å². The molecule has 0 amide bonds. The maximum atomic E-state index is 8.86. The Balaban J connectivity index is 1.72. The summed E-state index contributed by atoms with van der Waals surface area (Å²) < 4.78 is 0. The second-order valence-electron chi connectivity index (χ2n) is 5.07. The van der Waals surface area contributed by atoms with Gasteiger partial charge in [0.05, 0.1) is 11.6 Å². The molecule has 2 nitrogen and oxygen atoms in total. The standard InChI is InChI=1S/C14H16N2/c15-8-11-2-1-3-12(6-11)9-16-10-13-4-5-14(16)7-13/h1-3,6,13-14H,4-5,7,9-10H2. The second kappa shape index (κ2) is 3.92. The van der Waals surface area contributed by atoms with Crippen molar-refractivity contribution in [3.8, 4) is 6.07 Å². The highest BCUT2D eigenvalue weighted by atomic mass is 15.2. The molecule has 1 aliphatic heterocycles. The number of piperidine rings is 1. The number of fused-ring (bicyclic) bond motifs is 2. The van der Waals surface area contributed by atoms with E-state index >= 15 is 0 Å². The van der Waals surface area contributed by atoms with Crippen LogP contribution in [0.5, 0.6) is 0 Å². The van der Waals surface area contributed by atoms with Crippen LogP contribution in [0.1, 0.15) is 30.4 Å². The summed E-state index contributed by atoms with van der Waals surface area (Å²) in [5, 5.41) is 8.86. The average molecular weight is 212 g/mol. The highest BCUT2D eigenvalue weighted by Crippen LogP contribution is 2.38. The molecule has 2 heteroatoms. The number of hydrogen-bond acceptors (Lipinski definition) is 2. The van der Waals surface area contributed by atoms with Crippen LogP contribution in [0.2, 0.25) is 0 Å². The molecule has 2 bridgehead atoms. The Kier molecular flexibility index (Phi) is 2.41. The quantitative estimate of drug-likeness (QED) is 0.753. The monoisotopic (exact) mass is 212 g/mol. The van der Waals surface area contributed by atoms with E-state index in [1.54, 1.807) is 0 Å². The Morgan fingerprint density at radius 3 is 3.00 bits per heavy atom. The summed E-state index contributed by atoms with van der Waals surface area (Å²) in [6, 6.07) is 11.0. The molecule has 0 radical (unpaired) electrons. The summed E-state index contributed by atoms with van der Waals surface area (Å²) in [5.41, 5.74) is 2.06. The molecule has 1 saturated carbocycles. The van der Waals surface area contributed by atoms with Crippen LogP contribution in [0.15, 0.2) is 24.3 Å². The average Bonchev–Trinajstić information content (AvgIpc) is 2.91. The van der Waals surface area contributed by atoms with Crippen molar-refractivity contribution in [1.29, 1.82) is 5.26 Å². The first-order valence-corrected chi connectivity index (χ1v) is 6.08. The van der Waals surface area contributed by atoms with Gasteiger partial charge in [0, 0.05) is 19.1 Å². The fourth-order valence-corrected chi connectivity index (χ4v) is 3.19. The zero-order valence-electron chi connectivity index (χ0n) is 9.39. The van der Waals surface area contributed by atoms with E-state index in [0.717, 1.165) is 24.1 Å². The van der Waals surface area contributed by atoms with Gasteiger partial charge in [-0.25, -0.2) is 0 Å². The number of nitrogens with zero attached hydrogens (tertiary/aromatic N) is 2. The maximum Gasteiger partial charge on any atom is 0.0991 e. The van der Waals surface area contributed by atoms with Gasteiger partial charge in [-0.3, -0.25) is 4.90 Å². The van der Waals surface area contributed by atoms with E-state index < -0.39 is 0 Å². The summed E-state index contributed by atoms with van der Waals surface area (Å²) >= 11 is 0. The van der Waals surface area contributed by atoms with Gasteiger partial charge in [0.15, 0.2) is 0 Å². The lowest BCUT2D eigenvalue weighted by molar-refractivity contribution is 0.205. The molecule has 0 spiro atoms. The molecule has 1 aromatic rings. The highest BCUT2D eigenvalue weighted by Gasteiger charge is 2.37. The number of benzene rings is 1. The fourth-order valence-electron chi connectivity index (χ4n) is 3.19. The largest absolute Gasteiger partial charge is 0.296 e. The lowest BCUT2D eigenvalue weighted by Gasteiger charge is -2.26. The number of hydrogen-bond donors (Lipinski definition) is 0. The van der Waals surface area contributed by atoms with Gasteiger partial charge in [-0.15, -0.1) is 0 Å². The molecule has 1 aliphatic carbocycles. The third-order valence-electron chi connectivity index (χ3n) is 3.96. The maximum absolute atomic E-state index is 8.86. The third kappa shape index (κ3) is 1.72. The van der Waals surface area contributed by atoms with Crippen LogP contribution in [0.3, 0.4) is 0 Å². The van der Waals surface area contributed by atoms with E-state index in [1.807, 2.05) is 18.2 Å². The van der Waals surface area contributed by atoms with Crippen molar-refractivity contribution in [2.75, 3.05) is 6.54 Å². The second-order valence-corrected chi connectivity index (χ2v) is 5.07. The summed E-state index contributed by atoms with van der Waals surface area (Å²) in [6.07, 6.45) is 4.21. The molecular weight excluding hydrogens is 196 g/mol. The first-order chi connectivity index (χ1) is 7.85. The van der Waals surface area contributed by atoms with Crippen molar-refractivity contribution in [3.05, 3.63) is 35.4 Å².